The van der Waals surface area contributed by atoms with Crippen LogP contribution in [0.25, 0.3) is 0 Å². The van der Waals surface area contributed by atoms with E-state index in [2.05, 4.69) is 28.1 Å². The van der Waals surface area contributed by atoms with Crippen molar-refractivity contribution in [3.8, 4) is 0 Å². The van der Waals surface area contributed by atoms with E-state index in [9.17, 15) is 4.79 Å². The molecule has 0 aliphatic heterocycles. The van der Waals surface area contributed by atoms with Crippen LogP contribution in [-0.2, 0) is 4.79 Å². The van der Waals surface area contributed by atoms with Crippen molar-refractivity contribution < 1.29 is 9.69 Å². The lowest BCUT2D eigenvalue weighted by molar-refractivity contribution is -0.836. The van der Waals surface area contributed by atoms with Crippen molar-refractivity contribution in [2.24, 2.45) is 5.73 Å². The number of nitrogens with two attached hydrogens (primary N) is 1. The van der Waals surface area contributed by atoms with E-state index in [-0.39, 0.29) is 5.91 Å². The highest BCUT2D eigenvalue weighted by Gasteiger charge is 1.93. The van der Waals surface area contributed by atoms with Crippen molar-refractivity contribution in [2.75, 3.05) is 21.1 Å². The molecule has 0 bridgehead atoms. The highest BCUT2D eigenvalue weighted by Crippen LogP contribution is 1.95. The van der Waals surface area contributed by atoms with E-state index in [4.69, 9.17) is 5.73 Å². The number of primary amides is 1. The van der Waals surface area contributed by atoms with Crippen molar-refractivity contribution in [1.29, 1.82) is 0 Å². The third-order valence-electron chi connectivity index (χ3n) is 1.13. The fourth-order valence-electron chi connectivity index (χ4n) is 0.461. The van der Waals surface area contributed by atoms with E-state index in [1.165, 1.54) is 4.90 Å². The van der Waals surface area contributed by atoms with Crippen molar-refractivity contribution >= 4 is 5.91 Å². The highest BCUT2D eigenvalue weighted by molar-refractivity contribution is 5.91. The molecule has 0 aromatic heterocycles. The molecule has 0 radical (unpaired) electrons. The summed E-state index contributed by atoms with van der Waals surface area (Å²) in [6, 6.07) is 0. The average Bonchev–Trinajstić information content (AvgIpc) is 1.98. The van der Waals surface area contributed by atoms with Gasteiger partial charge in [0.2, 0.25) is 5.91 Å². The molecule has 0 fully saturated rings. The molecule has 0 unspecified atom stereocenters. The Labute approximate surface area is 81.6 Å². The maximum atomic E-state index is 10.4. The van der Waals surface area contributed by atoms with Crippen molar-refractivity contribution in [1.82, 2.24) is 0 Å². The van der Waals surface area contributed by atoms with Crippen LogP contribution in [-0.4, -0.2) is 27.1 Å². The summed E-state index contributed by atoms with van der Waals surface area (Å²) < 4.78 is 0. The Bertz CT molecular complexity index is 160. The minimum absolute atomic E-state index is 0.316. The molecule has 0 aliphatic rings. The van der Waals surface area contributed by atoms with Crippen LogP contribution in [0.3, 0.4) is 0 Å². The standard InChI is InChI=1S/C7H13NO.C3H9N/c1-3-4-5-6(2)7(8)9;1-4(2)3/h5H,3-4H2,1-2H3,(H2,8,9);1-3H3/p+1/b6-5+;. The number of hydrogen-bond donors (Lipinski definition) is 2. The monoisotopic (exact) mass is 187 g/mol. The second-order valence-electron chi connectivity index (χ2n) is 3.54. The Balaban J connectivity index is 0. The SMILES string of the molecule is CCC/C=C(\C)C(N)=O.C[NH+](C)C. The third kappa shape index (κ3) is 18.3. The largest absolute Gasteiger partial charge is 0.366 e. The van der Waals surface area contributed by atoms with E-state index in [1.807, 2.05) is 6.08 Å². The summed E-state index contributed by atoms with van der Waals surface area (Å²) in [5, 5.41) is 0. The van der Waals surface area contributed by atoms with Crippen LogP contribution in [0.2, 0.25) is 0 Å². The number of quaternary nitrogens is 1. The Hall–Kier alpha value is -0.830. The number of carbonyl (C=O) groups excluding carboxylic acids is 1. The smallest absolute Gasteiger partial charge is 0.244 e. The summed E-state index contributed by atoms with van der Waals surface area (Å²) in [5.74, 6) is -0.316. The summed E-state index contributed by atoms with van der Waals surface area (Å²) in [7, 11) is 6.25. The summed E-state index contributed by atoms with van der Waals surface area (Å²) in [6.07, 6.45) is 3.86. The van der Waals surface area contributed by atoms with Gasteiger partial charge < -0.3 is 10.6 Å². The van der Waals surface area contributed by atoms with Gasteiger partial charge in [-0.2, -0.15) is 0 Å². The predicted octanol–water partition coefficient (Wildman–Crippen LogP) is -0.0212. The molecule has 0 aliphatic carbocycles. The Morgan fingerprint density at radius 1 is 1.38 bits per heavy atom. The number of hydrogen-bond acceptors (Lipinski definition) is 1. The van der Waals surface area contributed by atoms with Gasteiger partial charge in [-0.25, -0.2) is 0 Å². The molecule has 0 saturated heterocycles. The maximum Gasteiger partial charge on any atom is 0.244 e. The molecule has 13 heavy (non-hydrogen) atoms. The average molecular weight is 187 g/mol. The predicted molar refractivity (Wildman–Crippen MR) is 56.6 cm³/mol. The first-order valence-corrected chi connectivity index (χ1v) is 4.65. The summed E-state index contributed by atoms with van der Waals surface area (Å²) >= 11 is 0. The van der Waals surface area contributed by atoms with Gasteiger partial charge >= 0.3 is 0 Å². The number of amides is 1. The molecule has 0 rings (SSSR count). The molecule has 0 heterocycles. The van der Waals surface area contributed by atoms with Crippen LogP contribution in [0.1, 0.15) is 26.7 Å². The van der Waals surface area contributed by atoms with Gasteiger partial charge in [0.25, 0.3) is 0 Å². The number of nitrogens with one attached hydrogen (secondary N) is 1. The molecule has 78 valence electrons. The van der Waals surface area contributed by atoms with Crippen molar-refractivity contribution in [2.45, 2.75) is 26.7 Å². The van der Waals surface area contributed by atoms with E-state index in [0.29, 0.717) is 5.57 Å². The molecule has 3 N–H and O–H groups in total. The van der Waals surface area contributed by atoms with Crippen LogP contribution in [0.5, 0.6) is 0 Å². The number of carbonyl (C=O) groups is 1. The molecule has 3 nitrogen and oxygen atoms in total. The molecule has 0 saturated carbocycles. The third-order valence-corrected chi connectivity index (χ3v) is 1.13. The molecular formula is C10H23N2O+. The lowest BCUT2D eigenvalue weighted by Crippen LogP contribution is -3.02. The Kier molecular flexibility index (Phi) is 10.5. The summed E-state index contributed by atoms with van der Waals surface area (Å²) in [6.45, 7) is 3.79. The van der Waals surface area contributed by atoms with Crippen LogP contribution >= 0.6 is 0 Å². The molecular weight excluding hydrogens is 164 g/mol. The van der Waals surface area contributed by atoms with Crippen LogP contribution in [0.15, 0.2) is 11.6 Å². The summed E-state index contributed by atoms with van der Waals surface area (Å²) in [4.78, 5) is 11.8. The molecule has 0 aromatic rings. The molecule has 0 spiro atoms. The lowest BCUT2D eigenvalue weighted by Gasteiger charge is -1.90. The van der Waals surface area contributed by atoms with E-state index in [0.717, 1.165) is 12.8 Å². The van der Waals surface area contributed by atoms with Gasteiger partial charge in [0, 0.05) is 5.57 Å². The fraction of sp³-hybridized carbons (Fsp3) is 0.700. The van der Waals surface area contributed by atoms with Gasteiger partial charge in [-0.05, 0) is 13.3 Å². The second-order valence-corrected chi connectivity index (χ2v) is 3.54. The van der Waals surface area contributed by atoms with E-state index < -0.39 is 0 Å². The molecule has 0 aromatic carbocycles. The second kappa shape index (κ2) is 9.26. The molecule has 0 atom stereocenters. The normalized spacial score (nSPS) is 10.8. The number of unbranched alkanes of at least 4 members (excludes halogenated alkanes) is 1. The minimum atomic E-state index is -0.316. The zero-order chi connectivity index (χ0) is 10.9. The topological polar surface area (TPSA) is 47.5 Å². The van der Waals surface area contributed by atoms with E-state index in [1.54, 1.807) is 6.92 Å². The maximum absolute atomic E-state index is 10.4. The van der Waals surface area contributed by atoms with Gasteiger partial charge in [0.15, 0.2) is 0 Å². The lowest BCUT2D eigenvalue weighted by atomic mass is 10.2. The zero-order valence-electron chi connectivity index (χ0n) is 9.48. The van der Waals surface area contributed by atoms with Crippen molar-refractivity contribution in [3.05, 3.63) is 11.6 Å². The highest BCUT2D eigenvalue weighted by atomic mass is 16.1. The van der Waals surface area contributed by atoms with Crippen LogP contribution in [0.4, 0.5) is 0 Å². The fourth-order valence-corrected chi connectivity index (χ4v) is 0.461. The number of rotatable bonds is 3. The molecule has 1 amide bonds. The van der Waals surface area contributed by atoms with Gasteiger partial charge in [-0.1, -0.05) is 19.4 Å². The zero-order valence-corrected chi connectivity index (χ0v) is 9.48. The van der Waals surface area contributed by atoms with Crippen molar-refractivity contribution in [3.63, 3.8) is 0 Å². The first kappa shape index (κ1) is 14.7. The van der Waals surface area contributed by atoms with Gasteiger partial charge in [0.1, 0.15) is 0 Å². The Morgan fingerprint density at radius 2 is 1.77 bits per heavy atom. The van der Waals surface area contributed by atoms with Gasteiger partial charge in [0.05, 0.1) is 21.1 Å². The van der Waals surface area contributed by atoms with Crippen LogP contribution < -0.4 is 10.6 Å². The Morgan fingerprint density at radius 3 is 2.00 bits per heavy atom. The molecule has 3 heteroatoms. The quantitative estimate of drug-likeness (QED) is 0.599. The van der Waals surface area contributed by atoms with E-state index >= 15 is 0 Å². The van der Waals surface area contributed by atoms with Gasteiger partial charge in [-0.15, -0.1) is 0 Å². The first-order chi connectivity index (χ1) is 5.91. The summed E-state index contributed by atoms with van der Waals surface area (Å²) in [5.41, 5.74) is 5.63. The van der Waals surface area contributed by atoms with Gasteiger partial charge in [-0.3, -0.25) is 4.79 Å². The minimum Gasteiger partial charge on any atom is -0.366 e. The number of allylic oxidation sites excluding steroid dienone is 1. The van der Waals surface area contributed by atoms with Crippen LogP contribution in [0, 0.1) is 0 Å². The first-order valence-electron chi connectivity index (χ1n) is 4.65.